The van der Waals surface area contributed by atoms with Gasteiger partial charge in [0, 0.05) is 16.9 Å². The molecule has 0 radical (unpaired) electrons. The van der Waals surface area contributed by atoms with Gasteiger partial charge in [-0.3, -0.25) is 4.98 Å². The first-order valence-corrected chi connectivity index (χ1v) is 5.82. The Hall–Kier alpha value is -0.750. The highest BCUT2D eigenvalue weighted by Crippen LogP contribution is 2.23. The summed E-state index contributed by atoms with van der Waals surface area (Å²) in [6, 6.07) is 1.000. The van der Waals surface area contributed by atoms with E-state index in [4.69, 9.17) is 10.7 Å². The summed E-state index contributed by atoms with van der Waals surface area (Å²) in [7, 11) is 1.13. The van der Waals surface area contributed by atoms with Crippen LogP contribution in [-0.4, -0.2) is 13.4 Å². The van der Waals surface area contributed by atoms with Crippen molar-refractivity contribution in [2.75, 3.05) is 0 Å². The standard InChI is InChI=1S/C7H6ClF2NO2S/c1-4-2-5(7(9)10)11-3-6(4)14(8,12)13/h2-3,7H,1H3. The zero-order valence-corrected chi connectivity index (χ0v) is 8.61. The van der Waals surface area contributed by atoms with E-state index < -0.39 is 21.2 Å². The van der Waals surface area contributed by atoms with E-state index in [9.17, 15) is 17.2 Å². The first-order chi connectivity index (χ1) is 6.32. The van der Waals surface area contributed by atoms with Gasteiger partial charge >= 0.3 is 0 Å². The molecule has 0 aliphatic rings. The predicted octanol–water partition coefficient (Wildman–Crippen LogP) is 2.26. The van der Waals surface area contributed by atoms with Crippen LogP contribution in [0.2, 0.25) is 0 Å². The number of hydrogen-bond donors (Lipinski definition) is 0. The van der Waals surface area contributed by atoms with Gasteiger partial charge in [0.05, 0.1) is 0 Å². The molecular weight excluding hydrogens is 236 g/mol. The van der Waals surface area contributed by atoms with Crippen LogP contribution in [0.1, 0.15) is 17.7 Å². The van der Waals surface area contributed by atoms with E-state index in [1.54, 1.807) is 0 Å². The Kier molecular flexibility index (Phi) is 3.06. The minimum absolute atomic E-state index is 0.158. The number of hydrogen-bond acceptors (Lipinski definition) is 3. The van der Waals surface area contributed by atoms with Gasteiger partial charge in [-0.25, -0.2) is 17.2 Å². The highest BCUT2D eigenvalue weighted by Gasteiger charge is 2.17. The SMILES string of the molecule is Cc1cc(C(F)F)ncc1S(=O)(=O)Cl. The smallest absolute Gasteiger partial charge is 0.254 e. The van der Waals surface area contributed by atoms with Crippen LogP contribution < -0.4 is 0 Å². The van der Waals surface area contributed by atoms with Crippen LogP contribution in [0.3, 0.4) is 0 Å². The monoisotopic (exact) mass is 241 g/mol. The maximum absolute atomic E-state index is 12.1. The zero-order valence-electron chi connectivity index (χ0n) is 7.04. The molecule has 1 aromatic heterocycles. The maximum atomic E-state index is 12.1. The van der Waals surface area contributed by atoms with Crippen LogP contribution in [-0.2, 0) is 9.05 Å². The maximum Gasteiger partial charge on any atom is 0.280 e. The molecule has 1 heterocycles. The van der Waals surface area contributed by atoms with Crippen molar-refractivity contribution in [1.29, 1.82) is 0 Å². The Bertz CT molecular complexity index is 447. The minimum atomic E-state index is -3.91. The van der Waals surface area contributed by atoms with Gasteiger partial charge in [-0.15, -0.1) is 0 Å². The number of aromatic nitrogens is 1. The molecule has 0 aromatic carbocycles. The number of aryl methyl sites for hydroxylation is 1. The van der Waals surface area contributed by atoms with Gasteiger partial charge in [0.1, 0.15) is 10.6 Å². The van der Waals surface area contributed by atoms with Gasteiger partial charge in [0.15, 0.2) is 0 Å². The lowest BCUT2D eigenvalue weighted by atomic mass is 10.2. The van der Waals surface area contributed by atoms with Crippen molar-refractivity contribution in [3.05, 3.63) is 23.5 Å². The molecular formula is C7H6ClF2NO2S. The zero-order chi connectivity index (χ0) is 10.9. The van der Waals surface area contributed by atoms with Gasteiger partial charge in [-0.2, -0.15) is 0 Å². The van der Waals surface area contributed by atoms with Crippen LogP contribution in [0.25, 0.3) is 0 Å². The Morgan fingerprint density at radius 2 is 2.07 bits per heavy atom. The van der Waals surface area contributed by atoms with Crippen LogP contribution in [0.15, 0.2) is 17.2 Å². The molecule has 0 unspecified atom stereocenters. The molecule has 0 amide bonds. The van der Waals surface area contributed by atoms with Crippen molar-refractivity contribution in [3.63, 3.8) is 0 Å². The van der Waals surface area contributed by atoms with Gasteiger partial charge in [-0.05, 0) is 18.6 Å². The lowest BCUT2D eigenvalue weighted by Gasteiger charge is -2.03. The van der Waals surface area contributed by atoms with E-state index in [1.165, 1.54) is 6.92 Å². The molecule has 0 atom stereocenters. The molecule has 1 aromatic rings. The van der Waals surface area contributed by atoms with E-state index in [-0.39, 0.29) is 10.5 Å². The number of alkyl halides is 2. The third-order valence-electron chi connectivity index (χ3n) is 1.57. The fraction of sp³-hybridized carbons (Fsp3) is 0.286. The fourth-order valence-corrected chi connectivity index (χ4v) is 2.05. The van der Waals surface area contributed by atoms with Gasteiger partial charge < -0.3 is 0 Å². The van der Waals surface area contributed by atoms with Crippen LogP contribution in [0.5, 0.6) is 0 Å². The summed E-state index contributed by atoms with van der Waals surface area (Å²) in [5.41, 5.74) is -0.308. The van der Waals surface area contributed by atoms with Crippen LogP contribution >= 0.6 is 10.7 Å². The third kappa shape index (κ3) is 2.39. The van der Waals surface area contributed by atoms with E-state index in [1.807, 2.05) is 0 Å². The molecule has 0 fully saturated rings. The van der Waals surface area contributed by atoms with Crippen molar-refractivity contribution in [2.24, 2.45) is 0 Å². The molecule has 0 saturated heterocycles. The number of rotatable bonds is 2. The second-order valence-corrected chi connectivity index (χ2v) is 5.15. The summed E-state index contributed by atoms with van der Waals surface area (Å²) >= 11 is 0. The molecule has 1 rings (SSSR count). The summed E-state index contributed by atoms with van der Waals surface area (Å²) in [6.07, 6.45) is -1.89. The van der Waals surface area contributed by atoms with Gasteiger partial charge in [0.25, 0.3) is 15.5 Å². The number of pyridine rings is 1. The molecule has 0 spiro atoms. The summed E-state index contributed by atoms with van der Waals surface area (Å²) in [5.74, 6) is 0. The van der Waals surface area contributed by atoms with E-state index in [0.717, 1.165) is 12.3 Å². The molecule has 3 nitrogen and oxygen atoms in total. The number of nitrogens with zero attached hydrogens (tertiary/aromatic N) is 1. The van der Waals surface area contributed by atoms with Crippen molar-refractivity contribution in [1.82, 2.24) is 4.98 Å². The molecule has 0 bridgehead atoms. The fourth-order valence-electron chi connectivity index (χ4n) is 0.940. The number of halogens is 3. The van der Waals surface area contributed by atoms with E-state index in [0.29, 0.717) is 0 Å². The van der Waals surface area contributed by atoms with Crippen molar-refractivity contribution in [3.8, 4) is 0 Å². The average Bonchev–Trinajstić information content (AvgIpc) is 2.01. The molecule has 0 N–H and O–H groups in total. The lowest BCUT2D eigenvalue weighted by molar-refractivity contribution is 0.146. The largest absolute Gasteiger partial charge is 0.280 e. The van der Waals surface area contributed by atoms with E-state index >= 15 is 0 Å². The second-order valence-electron chi connectivity index (χ2n) is 2.61. The molecule has 78 valence electrons. The molecule has 0 aliphatic carbocycles. The quantitative estimate of drug-likeness (QED) is 0.746. The van der Waals surface area contributed by atoms with E-state index in [2.05, 4.69) is 4.98 Å². The van der Waals surface area contributed by atoms with Crippen molar-refractivity contribution < 1.29 is 17.2 Å². The highest BCUT2D eigenvalue weighted by molar-refractivity contribution is 8.13. The molecule has 14 heavy (non-hydrogen) atoms. The predicted molar refractivity (Wildman–Crippen MR) is 47.0 cm³/mol. The highest BCUT2D eigenvalue weighted by atomic mass is 35.7. The first kappa shape index (κ1) is 11.3. The molecule has 0 aliphatic heterocycles. The Morgan fingerprint density at radius 3 is 2.43 bits per heavy atom. The summed E-state index contributed by atoms with van der Waals surface area (Å²) < 4.78 is 46.0. The van der Waals surface area contributed by atoms with Gasteiger partial charge in [0.2, 0.25) is 0 Å². The van der Waals surface area contributed by atoms with Crippen molar-refractivity contribution in [2.45, 2.75) is 18.2 Å². The topological polar surface area (TPSA) is 47.0 Å². The van der Waals surface area contributed by atoms with Crippen LogP contribution in [0, 0.1) is 6.92 Å². The van der Waals surface area contributed by atoms with Gasteiger partial charge in [-0.1, -0.05) is 0 Å². The first-order valence-electron chi connectivity index (χ1n) is 3.51. The minimum Gasteiger partial charge on any atom is -0.254 e. The average molecular weight is 242 g/mol. The summed E-state index contributed by atoms with van der Waals surface area (Å²) in [5, 5.41) is 0. The van der Waals surface area contributed by atoms with Crippen molar-refractivity contribution >= 4 is 19.7 Å². The lowest BCUT2D eigenvalue weighted by Crippen LogP contribution is -1.99. The second kappa shape index (κ2) is 3.78. The Morgan fingerprint density at radius 1 is 1.50 bits per heavy atom. The van der Waals surface area contributed by atoms with Crippen LogP contribution in [0.4, 0.5) is 8.78 Å². The Balaban J connectivity index is 3.28. The summed E-state index contributed by atoms with van der Waals surface area (Å²) in [4.78, 5) is 3.05. The normalized spacial score (nSPS) is 12.1. The molecule has 0 saturated carbocycles. The third-order valence-corrected chi connectivity index (χ3v) is 3.02. The summed E-state index contributed by atoms with van der Waals surface area (Å²) in [6.45, 7) is 1.38. The molecule has 7 heteroatoms. The Labute approximate surface area is 84.1 Å².